The molecule has 0 aromatic heterocycles. The molecule has 1 aliphatic rings. The van der Waals surface area contributed by atoms with Gasteiger partial charge in [-0.2, -0.15) is 13.2 Å². The molecule has 2 rings (SSSR count). The summed E-state index contributed by atoms with van der Waals surface area (Å²) in [4.78, 5) is 0. The van der Waals surface area contributed by atoms with Crippen molar-refractivity contribution in [3.8, 4) is 0 Å². The van der Waals surface area contributed by atoms with Gasteiger partial charge >= 0.3 is 6.18 Å². The monoisotopic (exact) mass is 335 g/mol. The van der Waals surface area contributed by atoms with Crippen LogP contribution in [0.15, 0.2) is 22.7 Å². The van der Waals surface area contributed by atoms with Gasteiger partial charge in [0.15, 0.2) is 0 Å². The highest BCUT2D eigenvalue weighted by molar-refractivity contribution is 9.10. The van der Waals surface area contributed by atoms with Crippen molar-refractivity contribution in [1.82, 2.24) is 0 Å². The Morgan fingerprint density at radius 1 is 1.32 bits per heavy atom. The lowest BCUT2D eigenvalue weighted by Gasteiger charge is -2.21. The summed E-state index contributed by atoms with van der Waals surface area (Å²) >= 11 is 3.09. The van der Waals surface area contributed by atoms with Gasteiger partial charge in [0.05, 0.1) is 5.56 Å². The van der Waals surface area contributed by atoms with Gasteiger partial charge in [0.2, 0.25) is 0 Å². The molecule has 19 heavy (non-hydrogen) atoms. The molecule has 1 unspecified atom stereocenters. The summed E-state index contributed by atoms with van der Waals surface area (Å²) in [6.07, 6.45) is -1.47. The second-order valence-corrected chi connectivity index (χ2v) is 6.85. The van der Waals surface area contributed by atoms with Crippen LogP contribution in [0, 0.1) is 5.41 Å². The number of alkyl halides is 3. The second kappa shape index (κ2) is 5.00. The number of nitrogens with one attached hydrogen (secondary N) is 1. The van der Waals surface area contributed by atoms with Crippen LogP contribution in [-0.2, 0) is 6.18 Å². The van der Waals surface area contributed by atoms with E-state index in [1.54, 1.807) is 6.07 Å². The normalized spacial score (nSPS) is 22.5. The van der Waals surface area contributed by atoms with E-state index in [4.69, 9.17) is 0 Å². The third-order valence-corrected chi connectivity index (χ3v) is 4.11. The molecule has 5 heteroatoms. The molecule has 1 saturated carbocycles. The molecule has 0 aliphatic heterocycles. The summed E-state index contributed by atoms with van der Waals surface area (Å²) in [5.41, 5.74) is -0.212. The van der Waals surface area contributed by atoms with Gasteiger partial charge in [-0.05, 0) is 42.9 Å². The van der Waals surface area contributed by atoms with Crippen LogP contribution < -0.4 is 5.32 Å². The van der Waals surface area contributed by atoms with E-state index in [0.29, 0.717) is 4.47 Å². The van der Waals surface area contributed by atoms with Crippen LogP contribution in [0.25, 0.3) is 0 Å². The molecular formula is C14H17BrF3N. The molecule has 1 N–H and O–H groups in total. The number of hydrogen-bond acceptors (Lipinski definition) is 1. The van der Waals surface area contributed by atoms with Crippen molar-refractivity contribution in [1.29, 1.82) is 0 Å². The summed E-state index contributed by atoms with van der Waals surface area (Å²) in [5.74, 6) is 0. The first-order valence-electron chi connectivity index (χ1n) is 6.31. The summed E-state index contributed by atoms with van der Waals surface area (Å²) < 4.78 is 39.4. The number of anilines is 1. The Labute approximate surface area is 119 Å². The molecule has 0 amide bonds. The van der Waals surface area contributed by atoms with Crippen molar-refractivity contribution in [3.05, 3.63) is 28.2 Å². The number of halogens is 4. The zero-order valence-corrected chi connectivity index (χ0v) is 12.5. The van der Waals surface area contributed by atoms with Gasteiger partial charge in [-0.1, -0.05) is 29.8 Å². The average Bonchev–Trinajstić information content (AvgIpc) is 2.59. The lowest BCUT2D eigenvalue weighted by molar-refractivity contribution is -0.137. The topological polar surface area (TPSA) is 12.0 Å². The van der Waals surface area contributed by atoms with E-state index in [0.717, 1.165) is 25.3 Å². The van der Waals surface area contributed by atoms with Crippen LogP contribution in [0.4, 0.5) is 18.9 Å². The molecule has 0 heterocycles. The predicted molar refractivity (Wildman–Crippen MR) is 74.2 cm³/mol. The minimum atomic E-state index is -4.33. The van der Waals surface area contributed by atoms with E-state index >= 15 is 0 Å². The van der Waals surface area contributed by atoms with Crippen LogP contribution in [-0.4, -0.2) is 6.04 Å². The van der Waals surface area contributed by atoms with Gasteiger partial charge < -0.3 is 5.32 Å². The predicted octanol–water partition coefficient (Wildman–Crippen LogP) is 5.46. The maximum Gasteiger partial charge on any atom is 0.418 e. The molecule has 1 nitrogen and oxygen atoms in total. The molecule has 0 saturated heterocycles. The standard InChI is InChI=1S/C14H17BrF3N/c1-13(2)6-5-10(8-13)19-12-4-3-9(15)7-11(12)14(16,17)18/h3-4,7,10,19H,5-6,8H2,1-2H3. The number of hydrogen-bond donors (Lipinski definition) is 1. The Morgan fingerprint density at radius 3 is 2.53 bits per heavy atom. The highest BCUT2D eigenvalue weighted by atomic mass is 79.9. The first kappa shape index (κ1) is 14.7. The molecule has 106 valence electrons. The lowest BCUT2D eigenvalue weighted by Crippen LogP contribution is -2.20. The maximum absolute atomic E-state index is 13.0. The number of benzene rings is 1. The van der Waals surface area contributed by atoms with Crippen molar-refractivity contribution in [2.75, 3.05) is 5.32 Å². The van der Waals surface area contributed by atoms with Crippen molar-refractivity contribution >= 4 is 21.6 Å². The van der Waals surface area contributed by atoms with E-state index in [1.807, 2.05) is 0 Å². The minimum absolute atomic E-state index is 0.122. The van der Waals surface area contributed by atoms with E-state index in [1.165, 1.54) is 6.07 Å². The minimum Gasteiger partial charge on any atom is -0.382 e. The Morgan fingerprint density at radius 2 is 2.00 bits per heavy atom. The van der Waals surface area contributed by atoms with E-state index in [2.05, 4.69) is 35.1 Å². The first-order valence-corrected chi connectivity index (χ1v) is 7.10. The Hall–Kier alpha value is -0.710. The summed E-state index contributed by atoms with van der Waals surface area (Å²) in [6, 6.07) is 4.38. The van der Waals surface area contributed by atoms with Crippen LogP contribution in [0.3, 0.4) is 0 Å². The lowest BCUT2D eigenvalue weighted by atomic mass is 9.92. The van der Waals surface area contributed by atoms with Gasteiger partial charge in [0.25, 0.3) is 0 Å². The van der Waals surface area contributed by atoms with E-state index < -0.39 is 11.7 Å². The summed E-state index contributed by atoms with van der Waals surface area (Å²) in [7, 11) is 0. The fourth-order valence-corrected chi connectivity index (χ4v) is 3.02. The fourth-order valence-electron chi connectivity index (χ4n) is 2.66. The molecule has 0 bridgehead atoms. The zero-order valence-electron chi connectivity index (χ0n) is 10.9. The van der Waals surface area contributed by atoms with Gasteiger partial charge in [-0.15, -0.1) is 0 Å². The van der Waals surface area contributed by atoms with Crippen molar-refractivity contribution in [3.63, 3.8) is 0 Å². The molecule has 1 aromatic rings. The third kappa shape index (κ3) is 3.65. The molecule has 1 aliphatic carbocycles. The quantitative estimate of drug-likeness (QED) is 0.756. The molecule has 1 fully saturated rings. The van der Waals surface area contributed by atoms with E-state index in [-0.39, 0.29) is 17.1 Å². The van der Waals surface area contributed by atoms with Crippen molar-refractivity contribution < 1.29 is 13.2 Å². The molecule has 0 spiro atoms. The number of rotatable bonds is 2. The molecule has 1 atom stereocenters. The van der Waals surface area contributed by atoms with Crippen LogP contribution >= 0.6 is 15.9 Å². The van der Waals surface area contributed by atoms with Gasteiger partial charge in [-0.25, -0.2) is 0 Å². The Balaban J connectivity index is 2.21. The highest BCUT2D eigenvalue weighted by Crippen LogP contribution is 2.41. The van der Waals surface area contributed by atoms with Crippen molar-refractivity contribution in [2.24, 2.45) is 5.41 Å². The van der Waals surface area contributed by atoms with Crippen molar-refractivity contribution in [2.45, 2.75) is 45.3 Å². The second-order valence-electron chi connectivity index (χ2n) is 5.94. The fraction of sp³-hybridized carbons (Fsp3) is 0.571. The first-order chi connectivity index (χ1) is 8.67. The highest BCUT2D eigenvalue weighted by Gasteiger charge is 2.36. The smallest absolute Gasteiger partial charge is 0.382 e. The SMILES string of the molecule is CC1(C)CCC(Nc2ccc(Br)cc2C(F)(F)F)C1. The largest absolute Gasteiger partial charge is 0.418 e. The zero-order chi connectivity index (χ0) is 14.3. The third-order valence-electron chi connectivity index (χ3n) is 3.62. The molecular weight excluding hydrogens is 319 g/mol. The van der Waals surface area contributed by atoms with E-state index in [9.17, 15) is 13.2 Å². The van der Waals surface area contributed by atoms with Crippen LogP contribution in [0.5, 0.6) is 0 Å². The molecule has 0 radical (unpaired) electrons. The van der Waals surface area contributed by atoms with Crippen LogP contribution in [0.1, 0.15) is 38.7 Å². The van der Waals surface area contributed by atoms with Crippen LogP contribution in [0.2, 0.25) is 0 Å². The van der Waals surface area contributed by atoms with Gasteiger partial charge in [-0.3, -0.25) is 0 Å². The maximum atomic E-state index is 13.0. The molecule has 1 aromatic carbocycles. The summed E-state index contributed by atoms with van der Waals surface area (Å²) in [6.45, 7) is 4.31. The van der Waals surface area contributed by atoms with Gasteiger partial charge in [0.1, 0.15) is 0 Å². The summed E-state index contributed by atoms with van der Waals surface area (Å²) in [5, 5.41) is 3.06. The Kier molecular flexibility index (Phi) is 3.87. The van der Waals surface area contributed by atoms with Gasteiger partial charge in [0, 0.05) is 16.2 Å². The average molecular weight is 336 g/mol. The Bertz CT molecular complexity index is 468.